The molecule has 6 nitrogen and oxygen atoms in total. The molecular formula is C13H17NO5. The molecule has 0 aliphatic rings. The Morgan fingerprint density at radius 1 is 1.53 bits per heavy atom. The second kappa shape index (κ2) is 8.10. The van der Waals surface area contributed by atoms with Crippen LogP contribution in [0.5, 0.6) is 5.75 Å². The third kappa shape index (κ3) is 5.87. The Kier molecular flexibility index (Phi) is 6.38. The summed E-state index contributed by atoms with van der Waals surface area (Å²) in [5.41, 5.74) is -0.489. The number of aromatic hydroxyl groups is 1. The van der Waals surface area contributed by atoms with Crippen LogP contribution in [0.3, 0.4) is 0 Å². The normalized spacial score (nSPS) is 10.1. The van der Waals surface area contributed by atoms with Crippen molar-refractivity contribution >= 4 is 5.91 Å². The van der Waals surface area contributed by atoms with Gasteiger partial charge < -0.3 is 19.6 Å². The topological polar surface area (TPSA) is 88.8 Å². The maximum Gasteiger partial charge on any atom is 0.243 e. The fraction of sp³-hybridized carbons (Fsp3) is 0.385. The lowest BCUT2D eigenvalue weighted by Crippen LogP contribution is -2.22. The first-order valence-corrected chi connectivity index (χ1v) is 5.92. The first kappa shape index (κ1) is 15.0. The minimum atomic E-state index is -0.489. The van der Waals surface area contributed by atoms with Crippen molar-refractivity contribution in [2.75, 3.05) is 13.2 Å². The number of rotatable bonds is 8. The van der Waals surface area contributed by atoms with Crippen LogP contribution in [0.1, 0.15) is 18.6 Å². The summed E-state index contributed by atoms with van der Waals surface area (Å²) >= 11 is 0. The minimum Gasteiger partial charge on any atom is -0.502 e. The molecule has 1 heterocycles. The Hall–Kier alpha value is -2.08. The molecule has 0 fully saturated rings. The summed E-state index contributed by atoms with van der Waals surface area (Å²) in [5, 5.41) is 11.6. The van der Waals surface area contributed by atoms with Crippen LogP contribution in [-0.4, -0.2) is 24.2 Å². The molecule has 0 aliphatic carbocycles. The smallest absolute Gasteiger partial charge is 0.243 e. The van der Waals surface area contributed by atoms with E-state index in [1.807, 2.05) is 0 Å². The SMILES string of the molecule is C=CC(=O)NCCCCOCc1cc(=O)c(O)co1. The van der Waals surface area contributed by atoms with E-state index >= 15 is 0 Å². The van der Waals surface area contributed by atoms with Gasteiger partial charge >= 0.3 is 0 Å². The van der Waals surface area contributed by atoms with Gasteiger partial charge in [0.15, 0.2) is 5.75 Å². The van der Waals surface area contributed by atoms with E-state index < -0.39 is 11.2 Å². The van der Waals surface area contributed by atoms with Crippen molar-refractivity contribution in [1.82, 2.24) is 5.32 Å². The first-order valence-electron chi connectivity index (χ1n) is 5.92. The van der Waals surface area contributed by atoms with E-state index in [-0.39, 0.29) is 12.5 Å². The van der Waals surface area contributed by atoms with Crippen molar-refractivity contribution in [3.05, 3.63) is 41.0 Å². The van der Waals surface area contributed by atoms with Crippen molar-refractivity contribution in [3.8, 4) is 5.75 Å². The maximum absolute atomic E-state index is 11.1. The molecule has 1 aromatic heterocycles. The lowest BCUT2D eigenvalue weighted by Gasteiger charge is -2.04. The molecule has 0 radical (unpaired) electrons. The molecule has 0 unspecified atom stereocenters. The number of carbonyl (C=O) groups excluding carboxylic acids is 1. The van der Waals surface area contributed by atoms with E-state index in [1.54, 1.807) is 0 Å². The molecule has 0 saturated carbocycles. The van der Waals surface area contributed by atoms with E-state index in [1.165, 1.54) is 12.1 Å². The Labute approximate surface area is 110 Å². The van der Waals surface area contributed by atoms with Crippen LogP contribution < -0.4 is 10.7 Å². The highest BCUT2D eigenvalue weighted by Crippen LogP contribution is 2.04. The van der Waals surface area contributed by atoms with Crippen LogP contribution in [0.25, 0.3) is 0 Å². The lowest BCUT2D eigenvalue weighted by atomic mass is 10.3. The van der Waals surface area contributed by atoms with Crippen molar-refractivity contribution in [3.63, 3.8) is 0 Å². The summed E-state index contributed by atoms with van der Waals surface area (Å²) in [6, 6.07) is 1.19. The van der Waals surface area contributed by atoms with Crippen LogP contribution >= 0.6 is 0 Å². The number of ether oxygens (including phenoxy) is 1. The molecule has 0 aromatic carbocycles. The fourth-order valence-electron chi connectivity index (χ4n) is 1.31. The number of hydrogen-bond acceptors (Lipinski definition) is 5. The molecule has 6 heteroatoms. The molecule has 1 rings (SSSR count). The third-order valence-corrected chi connectivity index (χ3v) is 2.31. The van der Waals surface area contributed by atoms with Crippen molar-refractivity contribution in [1.29, 1.82) is 0 Å². The highest BCUT2D eigenvalue weighted by molar-refractivity contribution is 5.86. The zero-order valence-corrected chi connectivity index (χ0v) is 10.6. The van der Waals surface area contributed by atoms with Gasteiger partial charge in [0.25, 0.3) is 0 Å². The van der Waals surface area contributed by atoms with Gasteiger partial charge in [-0.1, -0.05) is 6.58 Å². The molecule has 2 N–H and O–H groups in total. The molecule has 0 bridgehead atoms. The number of hydrogen-bond donors (Lipinski definition) is 2. The molecule has 19 heavy (non-hydrogen) atoms. The Morgan fingerprint density at radius 2 is 2.32 bits per heavy atom. The Morgan fingerprint density at radius 3 is 3.00 bits per heavy atom. The molecule has 104 valence electrons. The van der Waals surface area contributed by atoms with Crippen LogP contribution in [-0.2, 0) is 16.1 Å². The zero-order chi connectivity index (χ0) is 14.1. The average Bonchev–Trinajstić information content (AvgIpc) is 2.41. The summed E-state index contributed by atoms with van der Waals surface area (Å²) in [6.07, 6.45) is 3.79. The molecular weight excluding hydrogens is 250 g/mol. The lowest BCUT2D eigenvalue weighted by molar-refractivity contribution is -0.116. The second-order valence-electron chi connectivity index (χ2n) is 3.85. The maximum atomic E-state index is 11.1. The zero-order valence-electron chi connectivity index (χ0n) is 10.6. The molecule has 1 amide bonds. The van der Waals surface area contributed by atoms with Crippen LogP contribution in [0.4, 0.5) is 0 Å². The Balaban J connectivity index is 2.10. The highest BCUT2D eigenvalue weighted by Gasteiger charge is 2.01. The average molecular weight is 267 g/mol. The summed E-state index contributed by atoms with van der Waals surface area (Å²) < 4.78 is 10.3. The van der Waals surface area contributed by atoms with Crippen LogP contribution in [0.15, 0.2) is 34.2 Å². The largest absolute Gasteiger partial charge is 0.502 e. The van der Waals surface area contributed by atoms with E-state index in [4.69, 9.17) is 14.3 Å². The van der Waals surface area contributed by atoms with Gasteiger partial charge in [0.2, 0.25) is 11.3 Å². The van der Waals surface area contributed by atoms with Crippen LogP contribution in [0, 0.1) is 0 Å². The number of carbonyl (C=O) groups is 1. The molecule has 0 aliphatic heterocycles. The van der Waals surface area contributed by atoms with Crippen molar-refractivity contribution in [2.24, 2.45) is 0 Å². The summed E-state index contributed by atoms with van der Waals surface area (Å²) in [7, 11) is 0. The van der Waals surface area contributed by atoms with Crippen molar-refractivity contribution in [2.45, 2.75) is 19.4 Å². The van der Waals surface area contributed by atoms with Gasteiger partial charge in [-0.25, -0.2) is 0 Å². The second-order valence-corrected chi connectivity index (χ2v) is 3.85. The van der Waals surface area contributed by atoms with Gasteiger partial charge in [0, 0.05) is 19.2 Å². The number of unbranched alkanes of at least 4 members (excludes halogenated alkanes) is 1. The summed E-state index contributed by atoms with van der Waals surface area (Å²) in [5.74, 6) is -0.240. The molecule has 0 spiro atoms. The number of amides is 1. The van der Waals surface area contributed by atoms with E-state index in [0.29, 0.717) is 18.9 Å². The molecule has 0 atom stereocenters. The standard InChI is InChI=1S/C13H17NO5/c1-2-13(17)14-5-3-4-6-18-8-10-7-11(15)12(16)9-19-10/h2,7,9,16H,1,3-6,8H2,(H,14,17). The van der Waals surface area contributed by atoms with Gasteiger partial charge in [-0.05, 0) is 18.9 Å². The monoisotopic (exact) mass is 267 g/mol. The van der Waals surface area contributed by atoms with Gasteiger partial charge in [-0.2, -0.15) is 0 Å². The Bertz CT molecular complexity index is 480. The summed E-state index contributed by atoms with van der Waals surface area (Å²) in [6.45, 7) is 4.59. The van der Waals surface area contributed by atoms with Gasteiger partial charge in [-0.3, -0.25) is 9.59 Å². The van der Waals surface area contributed by atoms with E-state index in [0.717, 1.165) is 19.1 Å². The quantitative estimate of drug-likeness (QED) is 0.540. The molecule has 1 aromatic rings. The summed E-state index contributed by atoms with van der Waals surface area (Å²) in [4.78, 5) is 21.9. The van der Waals surface area contributed by atoms with Crippen LogP contribution in [0.2, 0.25) is 0 Å². The van der Waals surface area contributed by atoms with E-state index in [9.17, 15) is 9.59 Å². The first-order chi connectivity index (χ1) is 9.13. The van der Waals surface area contributed by atoms with Crippen molar-refractivity contribution < 1.29 is 19.1 Å². The van der Waals surface area contributed by atoms with Gasteiger partial charge in [-0.15, -0.1) is 0 Å². The van der Waals surface area contributed by atoms with Gasteiger partial charge in [0.05, 0.1) is 0 Å². The third-order valence-electron chi connectivity index (χ3n) is 2.31. The fourth-order valence-corrected chi connectivity index (χ4v) is 1.31. The predicted octanol–water partition coefficient (Wildman–Crippen LogP) is 0.944. The minimum absolute atomic E-state index is 0.175. The number of nitrogens with one attached hydrogen (secondary N) is 1. The molecule has 0 saturated heterocycles. The predicted molar refractivity (Wildman–Crippen MR) is 68.7 cm³/mol. The highest BCUT2D eigenvalue weighted by atomic mass is 16.5. The van der Waals surface area contributed by atoms with Gasteiger partial charge in [0.1, 0.15) is 18.6 Å². The van der Waals surface area contributed by atoms with E-state index in [2.05, 4.69) is 11.9 Å².